The lowest BCUT2D eigenvalue weighted by atomic mass is 10.1. The van der Waals surface area contributed by atoms with Gasteiger partial charge in [0.15, 0.2) is 5.79 Å². The van der Waals surface area contributed by atoms with Crippen LogP contribution in [0.15, 0.2) is 0 Å². The van der Waals surface area contributed by atoms with Gasteiger partial charge in [-0.15, -0.1) is 0 Å². The van der Waals surface area contributed by atoms with Crippen molar-refractivity contribution in [2.24, 2.45) is 0 Å². The van der Waals surface area contributed by atoms with Crippen LogP contribution in [0.25, 0.3) is 0 Å². The van der Waals surface area contributed by atoms with E-state index in [2.05, 4.69) is 5.32 Å². The van der Waals surface area contributed by atoms with Crippen LogP contribution in [0.1, 0.15) is 19.8 Å². The first kappa shape index (κ1) is 12.3. The molecule has 0 aromatic rings. The van der Waals surface area contributed by atoms with Gasteiger partial charge in [0.1, 0.15) is 9.84 Å². The largest absolute Gasteiger partial charge is 0.347 e. The minimum Gasteiger partial charge on any atom is -0.347 e. The molecule has 0 radical (unpaired) electrons. The van der Waals surface area contributed by atoms with Crippen molar-refractivity contribution >= 4 is 9.84 Å². The van der Waals surface area contributed by atoms with E-state index in [1.165, 1.54) is 0 Å². The van der Waals surface area contributed by atoms with Crippen molar-refractivity contribution in [3.8, 4) is 0 Å². The minimum atomic E-state index is -2.77. The van der Waals surface area contributed by atoms with Crippen LogP contribution in [0.4, 0.5) is 0 Å². The summed E-state index contributed by atoms with van der Waals surface area (Å²) in [7, 11) is -2.77. The van der Waals surface area contributed by atoms with Gasteiger partial charge in [0.05, 0.1) is 24.7 Å². The molecule has 0 bridgehead atoms. The van der Waals surface area contributed by atoms with E-state index >= 15 is 0 Å². The van der Waals surface area contributed by atoms with Gasteiger partial charge in [0.25, 0.3) is 0 Å². The van der Waals surface area contributed by atoms with Gasteiger partial charge in [-0.25, -0.2) is 8.42 Å². The zero-order valence-corrected chi connectivity index (χ0v) is 10.4. The van der Waals surface area contributed by atoms with Gasteiger partial charge in [-0.1, -0.05) is 0 Å². The highest BCUT2D eigenvalue weighted by Gasteiger charge is 2.32. The van der Waals surface area contributed by atoms with E-state index in [1.807, 2.05) is 6.92 Å². The summed E-state index contributed by atoms with van der Waals surface area (Å²) in [5.74, 6) is 0.0580. The molecular formula is C10H19NO4S. The minimum absolute atomic E-state index is 0.271. The van der Waals surface area contributed by atoms with Gasteiger partial charge in [0, 0.05) is 12.6 Å². The molecule has 2 aliphatic rings. The zero-order chi connectivity index (χ0) is 11.6. The summed E-state index contributed by atoms with van der Waals surface area (Å²) in [5, 5.41) is 3.33. The third-order valence-electron chi connectivity index (χ3n) is 3.16. The van der Waals surface area contributed by atoms with Crippen molar-refractivity contribution in [2.75, 3.05) is 31.3 Å². The molecule has 0 aromatic carbocycles. The molecule has 5 nitrogen and oxygen atoms in total. The van der Waals surface area contributed by atoms with E-state index in [4.69, 9.17) is 9.47 Å². The summed E-state index contributed by atoms with van der Waals surface area (Å²) in [4.78, 5) is 0. The molecule has 0 aliphatic carbocycles. The van der Waals surface area contributed by atoms with E-state index in [1.54, 1.807) is 0 Å². The monoisotopic (exact) mass is 249 g/mol. The fourth-order valence-corrected chi connectivity index (χ4v) is 3.57. The Kier molecular flexibility index (Phi) is 3.53. The van der Waals surface area contributed by atoms with Gasteiger partial charge in [-0.05, 0) is 19.8 Å². The number of nitrogens with one attached hydrogen (secondary N) is 1. The second-order valence-corrected chi connectivity index (χ2v) is 6.94. The standard InChI is InChI=1S/C10H19NO4S/c1-10(14-4-5-15-10)8-11-9-2-6-16(12,13)7-3-9/h9,11H,2-8H2,1H3. The number of hydrogen-bond acceptors (Lipinski definition) is 5. The average molecular weight is 249 g/mol. The molecule has 0 atom stereocenters. The van der Waals surface area contributed by atoms with Crippen LogP contribution in [-0.4, -0.2) is 51.5 Å². The lowest BCUT2D eigenvalue weighted by Gasteiger charge is -2.28. The summed E-state index contributed by atoms with van der Waals surface area (Å²) in [6.45, 7) is 3.80. The first-order chi connectivity index (χ1) is 7.49. The lowest BCUT2D eigenvalue weighted by Crippen LogP contribution is -2.46. The molecule has 16 heavy (non-hydrogen) atoms. The molecule has 2 heterocycles. The summed E-state index contributed by atoms with van der Waals surface area (Å²) in [5.41, 5.74) is 0. The first-order valence-electron chi connectivity index (χ1n) is 5.71. The van der Waals surface area contributed by atoms with Crippen LogP contribution < -0.4 is 5.32 Å². The van der Waals surface area contributed by atoms with Crippen molar-refractivity contribution in [3.63, 3.8) is 0 Å². The highest BCUT2D eigenvalue weighted by Crippen LogP contribution is 2.19. The Morgan fingerprint density at radius 2 is 1.81 bits per heavy atom. The molecule has 2 fully saturated rings. The highest BCUT2D eigenvalue weighted by atomic mass is 32.2. The Labute approximate surface area is 96.4 Å². The predicted octanol–water partition coefficient (Wildman–Crippen LogP) is -0.0838. The van der Waals surface area contributed by atoms with Gasteiger partial charge >= 0.3 is 0 Å². The zero-order valence-electron chi connectivity index (χ0n) is 9.57. The topological polar surface area (TPSA) is 64.6 Å². The molecule has 6 heteroatoms. The molecule has 1 N–H and O–H groups in total. The molecule has 0 unspecified atom stereocenters. The number of hydrogen-bond donors (Lipinski definition) is 1. The Morgan fingerprint density at radius 3 is 2.38 bits per heavy atom. The average Bonchev–Trinajstić information content (AvgIpc) is 2.64. The summed E-state index contributed by atoms with van der Waals surface area (Å²) >= 11 is 0. The van der Waals surface area contributed by atoms with Crippen molar-refractivity contribution in [2.45, 2.75) is 31.6 Å². The number of sulfone groups is 1. The van der Waals surface area contributed by atoms with Crippen LogP contribution >= 0.6 is 0 Å². The molecule has 0 amide bonds. The van der Waals surface area contributed by atoms with Crippen molar-refractivity contribution in [3.05, 3.63) is 0 Å². The summed E-state index contributed by atoms with van der Waals surface area (Å²) in [6, 6.07) is 0.271. The lowest BCUT2D eigenvalue weighted by molar-refractivity contribution is -0.139. The third-order valence-corrected chi connectivity index (χ3v) is 4.88. The quantitative estimate of drug-likeness (QED) is 0.757. The van der Waals surface area contributed by atoms with E-state index < -0.39 is 15.6 Å². The van der Waals surface area contributed by atoms with E-state index in [-0.39, 0.29) is 6.04 Å². The Hall–Kier alpha value is -0.170. The summed E-state index contributed by atoms with van der Waals surface area (Å²) < 4.78 is 33.4. The fourth-order valence-electron chi connectivity index (χ4n) is 2.08. The molecule has 94 valence electrons. The smallest absolute Gasteiger partial charge is 0.178 e. The molecule has 2 saturated heterocycles. The van der Waals surface area contributed by atoms with Crippen LogP contribution in [0.5, 0.6) is 0 Å². The van der Waals surface area contributed by atoms with Gasteiger partial charge in [0.2, 0.25) is 0 Å². The predicted molar refractivity (Wildman–Crippen MR) is 60.0 cm³/mol. The molecule has 2 aliphatic heterocycles. The van der Waals surface area contributed by atoms with Crippen LogP contribution in [0, 0.1) is 0 Å². The normalized spacial score (nSPS) is 29.3. The maximum atomic E-state index is 11.2. The fraction of sp³-hybridized carbons (Fsp3) is 1.00. The van der Waals surface area contributed by atoms with Crippen LogP contribution in [0.3, 0.4) is 0 Å². The Balaban J connectivity index is 1.75. The van der Waals surface area contributed by atoms with Gasteiger partial charge in [-0.3, -0.25) is 0 Å². The van der Waals surface area contributed by atoms with Crippen molar-refractivity contribution < 1.29 is 17.9 Å². The Morgan fingerprint density at radius 1 is 1.25 bits per heavy atom. The second kappa shape index (κ2) is 4.60. The SMILES string of the molecule is CC1(CNC2CCS(=O)(=O)CC2)OCCO1. The molecule has 0 saturated carbocycles. The number of ether oxygens (including phenoxy) is 2. The van der Waals surface area contributed by atoms with E-state index in [0.717, 1.165) is 0 Å². The third kappa shape index (κ3) is 3.16. The van der Waals surface area contributed by atoms with E-state index in [0.29, 0.717) is 44.1 Å². The van der Waals surface area contributed by atoms with Crippen LogP contribution in [0.2, 0.25) is 0 Å². The number of rotatable bonds is 3. The van der Waals surface area contributed by atoms with E-state index in [9.17, 15) is 8.42 Å². The van der Waals surface area contributed by atoms with Gasteiger partial charge in [-0.2, -0.15) is 0 Å². The molecule has 0 spiro atoms. The van der Waals surface area contributed by atoms with Crippen molar-refractivity contribution in [1.82, 2.24) is 5.32 Å². The maximum absolute atomic E-state index is 11.2. The summed E-state index contributed by atoms with van der Waals surface area (Å²) in [6.07, 6.45) is 1.39. The highest BCUT2D eigenvalue weighted by molar-refractivity contribution is 7.91. The molecular weight excluding hydrogens is 230 g/mol. The first-order valence-corrected chi connectivity index (χ1v) is 7.53. The second-order valence-electron chi connectivity index (χ2n) is 4.64. The van der Waals surface area contributed by atoms with Crippen LogP contribution in [-0.2, 0) is 19.3 Å². The molecule has 0 aromatic heterocycles. The maximum Gasteiger partial charge on any atom is 0.178 e. The van der Waals surface area contributed by atoms with Gasteiger partial charge < -0.3 is 14.8 Å². The van der Waals surface area contributed by atoms with Crippen molar-refractivity contribution in [1.29, 1.82) is 0 Å². The molecule has 2 rings (SSSR count). The Bertz CT molecular complexity index is 321.